The van der Waals surface area contributed by atoms with Crippen LogP contribution in [0.3, 0.4) is 0 Å². The van der Waals surface area contributed by atoms with Gasteiger partial charge in [0.25, 0.3) is 0 Å². The van der Waals surface area contributed by atoms with Gasteiger partial charge < -0.3 is 5.11 Å². The Kier molecular flexibility index (Phi) is 4.29. The standard InChI is InChI=1S/C14H19N3O/c1-11(18)13-3-6-17(7-4-13)10-12-2-5-16-14(8-12)9-15/h2,5,8,11,13,18H,3-4,6-7,10H2,1H3. The van der Waals surface area contributed by atoms with E-state index in [2.05, 4.69) is 16.0 Å². The van der Waals surface area contributed by atoms with Gasteiger partial charge in [0.05, 0.1) is 6.10 Å². The maximum absolute atomic E-state index is 9.56. The summed E-state index contributed by atoms with van der Waals surface area (Å²) in [5, 5.41) is 18.4. The highest BCUT2D eigenvalue weighted by Gasteiger charge is 2.22. The second kappa shape index (κ2) is 5.94. The van der Waals surface area contributed by atoms with Gasteiger partial charge >= 0.3 is 0 Å². The monoisotopic (exact) mass is 245 g/mol. The molecule has 2 heterocycles. The summed E-state index contributed by atoms with van der Waals surface area (Å²) in [5.74, 6) is 0.438. The van der Waals surface area contributed by atoms with Crippen LogP contribution in [0, 0.1) is 17.2 Å². The third-order valence-electron chi connectivity index (χ3n) is 3.66. The van der Waals surface area contributed by atoms with Crippen LogP contribution in [0.4, 0.5) is 0 Å². The molecule has 18 heavy (non-hydrogen) atoms. The molecule has 0 bridgehead atoms. The summed E-state index contributed by atoms with van der Waals surface area (Å²) in [6, 6.07) is 5.87. The summed E-state index contributed by atoms with van der Waals surface area (Å²) >= 11 is 0. The summed E-state index contributed by atoms with van der Waals surface area (Å²) in [6.45, 7) is 4.77. The van der Waals surface area contributed by atoms with E-state index in [-0.39, 0.29) is 6.10 Å². The van der Waals surface area contributed by atoms with Crippen molar-refractivity contribution in [1.29, 1.82) is 5.26 Å². The third kappa shape index (κ3) is 3.28. The van der Waals surface area contributed by atoms with Crippen molar-refractivity contribution < 1.29 is 5.11 Å². The molecule has 4 nitrogen and oxygen atoms in total. The lowest BCUT2D eigenvalue weighted by Crippen LogP contribution is -2.36. The van der Waals surface area contributed by atoms with Gasteiger partial charge in [-0.25, -0.2) is 4.98 Å². The van der Waals surface area contributed by atoms with Crippen molar-refractivity contribution in [2.45, 2.75) is 32.4 Å². The third-order valence-corrected chi connectivity index (χ3v) is 3.66. The quantitative estimate of drug-likeness (QED) is 0.877. The Balaban J connectivity index is 1.90. The van der Waals surface area contributed by atoms with E-state index in [1.165, 1.54) is 0 Å². The number of likely N-dealkylation sites (tertiary alicyclic amines) is 1. The first-order chi connectivity index (χ1) is 8.69. The van der Waals surface area contributed by atoms with E-state index >= 15 is 0 Å². The fourth-order valence-electron chi connectivity index (χ4n) is 2.49. The van der Waals surface area contributed by atoms with Gasteiger partial charge in [-0.05, 0) is 56.5 Å². The molecule has 1 aliphatic rings. The van der Waals surface area contributed by atoms with Crippen LogP contribution in [-0.4, -0.2) is 34.2 Å². The van der Waals surface area contributed by atoms with Crippen molar-refractivity contribution in [2.75, 3.05) is 13.1 Å². The van der Waals surface area contributed by atoms with Gasteiger partial charge in [0.2, 0.25) is 0 Å². The fraction of sp³-hybridized carbons (Fsp3) is 0.571. The molecule has 1 N–H and O–H groups in total. The predicted molar refractivity (Wildman–Crippen MR) is 68.6 cm³/mol. The molecule has 1 atom stereocenters. The van der Waals surface area contributed by atoms with Crippen molar-refractivity contribution in [1.82, 2.24) is 9.88 Å². The second-order valence-electron chi connectivity index (χ2n) is 5.02. The van der Waals surface area contributed by atoms with Crippen LogP contribution in [0.1, 0.15) is 31.0 Å². The molecule has 0 aliphatic carbocycles. The number of piperidine rings is 1. The minimum Gasteiger partial charge on any atom is -0.393 e. The molecule has 1 aromatic heterocycles. The maximum Gasteiger partial charge on any atom is 0.140 e. The van der Waals surface area contributed by atoms with Gasteiger partial charge in [0.15, 0.2) is 0 Å². The minimum atomic E-state index is -0.196. The fourth-order valence-corrected chi connectivity index (χ4v) is 2.49. The van der Waals surface area contributed by atoms with Crippen LogP contribution in [0.25, 0.3) is 0 Å². The van der Waals surface area contributed by atoms with Gasteiger partial charge in [0.1, 0.15) is 11.8 Å². The molecule has 4 heteroatoms. The molecule has 96 valence electrons. The number of pyridine rings is 1. The molecule has 1 aromatic rings. The molecular weight excluding hydrogens is 226 g/mol. The van der Waals surface area contributed by atoms with Crippen LogP contribution in [0.5, 0.6) is 0 Å². The van der Waals surface area contributed by atoms with Gasteiger partial charge in [-0.1, -0.05) is 0 Å². The molecule has 0 radical (unpaired) electrons. The van der Waals surface area contributed by atoms with E-state index in [9.17, 15) is 5.11 Å². The van der Waals surface area contributed by atoms with Crippen LogP contribution >= 0.6 is 0 Å². The Labute approximate surface area is 108 Å². The summed E-state index contributed by atoms with van der Waals surface area (Å²) in [7, 11) is 0. The number of hydrogen-bond acceptors (Lipinski definition) is 4. The van der Waals surface area contributed by atoms with Gasteiger partial charge in [-0.15, -0.1) is 0 Å². The molecule has 0 spiro atoms. The number of hydrogen-bond donors (Lipinski definition) is 1. The molecular formula is C14H19N3O. The lowest BCUT2D eigenvalue weighted by atomic mass is 9.92. The van der Waals surface area contributed by atoms with E-state index in [4.69, 9.17) is 5.26 Å². The number of aromatic nitrogens is 1. The summed E-state index contributed by atoms with van der Waals surface area (Å²) < 4.78 is 0. The zero-order chi connectivity index (χ0) is 13.0. The van der Waals surface area contributed by atoms with Crippen molar-refractivity contribution in [3.8, 4) is 6.07 Å². The smallest absolute Gasteiger partial charge is 0.140 e. The van der Waals surface area contributed by atoms with Gasteiger partial charge in [-0.3, -0.25) is 4.90 Å². The summed E-state index contributed by atoms with van der Waals surface area (Å²) in [4.78, 5) is 6.34. The number of aliphatic hydroxyl groups is 1. The second-order valence-corrected chi connectivity index (χ2v) is 5.02. The Morgan fingerprint density at radius 1 is 1.56 bits per heavy atom. The highest BCUT2D eigenvalue weighted by molar-refractivity contribution is 5.25. The van der Waals surface area contributed by atoms with E-state index < -0.39 is 0 Å². The van der Waals surface area contributed by atoms with Crippen LogP contribution < -0.4 is 0 Å². The van der Waals surface area contributed by atoms with Crippen molar-refractivity contribution >= 4 is 0 Å². The SMILES string of the molecule is CC(O)C1CCN(Cc2ccnc(C#N)c2)CC1. The first-order valence-electron chi connectivity index (χ1n) is 6.44. The molecule has 0 amide bonds. The molecule has 0 aromatic carbocycles. The number of nitriles is 1. The highest BCUT2D eigenvalue weighted by Crippen LogP contribution is 2.21. The summed E-state index contributed by atoms with van der Waals surface area (Å²) in [5.41, 5.74) is 1.61. The maximum atomic E-state index is 9.56. The largest absolute Gasteiger partial charge is 0.393 e. The lowest BCUT2D eigenvalue weighted by molar-refractivity contribution is 0.0695. The minimum absolute atomic E-state index is 0.196. The van der Waals surface area contributed by atoms with Crippen LogP contribution in [-0.2, 0) is 6.54 Å². The van der Waals surface area contributed by atoms with E-state index in [0.29, 0.717) is 11.6 Å². The average molecular weight is 245 g/mol. The molecule has 0 saturated carbocycles. The van der Waals surface area contributed by atoms with Crippen molar-refractivity contribution in [3.63, 3.8) is 0 Å². The Hall–Kier alpha value is -1.44. The first kappa shape index (κ1) is 13.0. The average Bonchev–Trinajstić information content (AvgIpc) is 2.39. The highest BCUT2D eigenvalue weighted by atomic mass is 16.3. The predicted octanol–water partition coefficient (Wildman–Crippen LogP) is 1.55. The zero-order valence-corrected chi connectivity index (χ0v) is 10.7. The Morgan fingerprint density at radius 2 is 2.28 bits per heavy atom. The first-order valence-corrected chi connectivity index (χ1v) is 6.44. The van der Waals surface area contributed by atoms with Gasteiger partial charge in [0, 0.05) is 12.7 Å². The van der Waals surface area contributed by atoms with E-state index in [1.807, 2.05) is 19.1 Å². The van der Waals surface area contributed by atoms with Crippen LogP contribution in [0.15, 0.2) is 18.3 Å². The molecule has 1 fully saturated rings. The number of rotatable bonds is 3. The van der Waals surface area contributed by atoms with E-state index in [1.54, 1.807) is 6.20 Å². The molecule has 1 saturated heterocycles. The molecule has 1 aliphatic heterocycles. The number of aliphatic hydroxyl groups excluding tert-OH is 1. The normalized spacial score (nSPS) is 19.4. The molecule has 1 unspecified atom stereocenters. The Bertz CT molecular complexity index is 431. The zero-order valence-electron chi connectivity index (χ0n) is 10.7. The number of nitrogens with zero attached hydrogens (tertiary/aromatic N) is 3. The topological polar surface area (TPSA) is 60.1 Å². The van der Waals surface area contributed by atoms with Crippen LogP contribution in [0.2, 0.25) is 0 Å². The Morgan fingerprint density at radius 3 is 2.89 bits per heavy atom. The van der Waals surface area contributed by atoms with Crippen molar-refractivity contribution in [2.24, 2.45) is 5.92 Å². The van der Waals surface area contributed by atoms with E-state index in [0.717, 1.165) is 38.0 Å². The summed E-state index contributed by atoms with van der Waals surface area (Å²) in [6.07, 6.45) is 3.59. The van der Waals surface area contributed by atoms with Crippen molar-refractivity contribution in [3.05, 3.63) is 29.6 Å². The molecule has 2 rings (SSSR count). The van der Waals surface area contributed by atoms with Gasteiger partial charge in [-0.2, -0.15) is 5.26 Å². The lowest BCUT2D eigenvalue weighted by Gasteiger charge is -2.33.